The summed E-state index contributed by atoms with van der Waals surface area (Å²) in [7, 11) is 0.890. The lowest BCUT2D eigenvalue weighted by molar-refractivity contribution is -0.141. The van der Waals surface area contributed by atoms with Gasteiger partial charge in [-0.3, -0.25) is 0 Å². The van der Waals surface area contributed by atoms with Gasteiger partial charge in [-0.1, -0.05) is 44.2 Å². The molecule has 2 aromatic carbocycles. The number of carbonyl (C=O) groups excluding carboxylic acids is 2. The smallest absolute Gasteiger partial charge is 0.431 e. The van der Waals surface area contributed by atoms with Crippen molar-refractivity contribution in [3.63, 3.8) is 0 Å². The Labute approximate surface area is 235 Å². The first kappa shape index (κ1) is 31.6. The van der Waals surface area contributed by atoms with Gasteiger partial charge in [0.25, 0.3) is 0 Å². The van der Waals surface area contributed by atoms with Crippen molar-refractivity contribution in [2.45, 2.75) is 51.6 Å². The summed E-state index contributed by atoms with van der Waals surface area (Å²) >= 11 is 0. The normalized spacial score (nSPS) is 16.4. The van der Waals surface area contributed by atoms with E-state index in [-0.39, 0.29) is 36.1 Å². The first-order valence-corrected chi connectivity index (χ1v) is 12.8. The van der Waals surface area contributed by atoms with Crippen LogP contribution in [0.4, 0.5) is 17.6 Å². The van der Waals surface area contributed by atoms with Crippen molar-refractivity contribution < 1.29 is 46.5 Å². The zero-order valence-electron chi connectivity index (χ0n) is 23.0. The third-order valence-electron chi connectivity index (χ3n) is 6.19. The summed E-state index contributed by atoms with van der Waals surface area (Å²) in [5, 5.41) is 15.2. The van der Waals surface area contributed by atoms with Crippen molar-refractivity contribution in [2.75, 3.05) is 20.3 Å². The lowest BCUT2D eigenvalue weighted by Crippen LogP contribution is -2.38. The fraction of sp³-hybridized carbons (Fsp3) is 0.379. The monoisotopic (exact) mass is 580 g/mol. The lowest BCUT2D eigenvalue weighted by atomic mass is 9.80. The molecule has 0 bridgehead atoms. The van der Waals surface area contributed by atoms with Crippen LogP contribution in [0, 0.1) is 5.82 Å². The van der Waals surface area contributed by atoms with E-state index in [2.05, 4.69) is 15.4 Å². The van der Waals surface area contributed by atoms with Gasteiger partial charge in [0.15, 0.2) is 0 Å². The molecule has 0 radical (unpaired) electrons. The molecule has 222 valence electrons. The van der Waals surface area contributed by atoms with Crippen molar-refractivity contribution in [1.29, 1.82) is 0 Å². The van der Waals surface area contributed by atoms with Crippen LogP contribution in [0.25, 0.3) is 0 Å². The number of benzene rings is 2. The third kappa shape index (κ3) is 8.08. The Hall–Kier alpha value is -3.90. The molecule has 41 heavy (non-hydrogen) atoms. The fourth-order valence-corrected chi connectivity index (χ4v) is 4.20. The van der Waals surface area contributed by atoms with Crippen LogP contribution in [-0.2, 0) is 25.7 Å². The van der Waals surface area contributed by atoms with Crippen LogP contribution in [0.1, 0.15) is 37.8 Å². The average molecular weight is 581 g/mol. The maximum Gasteiger partial charge on any atom is 0.431 e. The van der Waals surface area contributed by atoms with E-state index in [0.717, 1.165) is 13.2 Å². The van der Waals surface area contributed by atoms with Crippen LogP contribution in [-0.4, -0.2) is 55.6 Å². The SMILES string of the molecule is COC(=O)C1=C(C(F)(F)F)NC(C)=C(C(=O)OCc2ccc(OCC(O)CNC(C)C)cc2)C1c1ccccc1F. The Morgan fingerprint density at radius 1 is 1.05 bits per heavy atom. The highest BCUT2D eigenvalue weighted by molar-refractivity contribution is 6.00. The number of ether oxygens (including phenoxy) is 3. The fourth-order valence-electron chi connectivity index (χ4n) is 4.20. The molecule has 0 amide bonds. The number of rotatable bonds is 11. The molecule has 2 aromatic rings. The maximum absolute atomic E-state index is 14.9. The molecule has 2 atom stereocenters. The second kappa shape index (κ2) is 13.6. The number of alkyl halides is 3. The Morgan fingerprint density at radius 3 is 2.29 bits per heavy atom. The summed E-state index contributed by atoms with van der Waals surface area (Å²) in [5.41, 5.74) is -2.83. The highest BCUT2D eigenvalue weighted by Crippen LogP contribution is 2.44. The Kier molecular flexibility index (Phi) is 10.5. The Morgan fingerprint density at radius 2 is 1.71 bits per heavy atom. The van der Waals surface area contributed by atoms with Crippen molar-refractivity contribution >= 4 is 11.9 Å². The van der Waals surface area contributed by atoms with Gasteiger partial charge in [0.2, 0.25) is 0 Å². The van der Waals surface area contributed by atoms with Gasteiger partial charge in [-0.15, -0.1) is 0 Å². The molecule has 0 saturated heterocycles. The quantitative estimate of drug-likeness (QED) is 0.268. The molecule has 0 aromatic heterocycles. The number of halogens is 4. The Bertz CT molecular complexity index is 1310. The van der Waals surface area contributed by atoms with Gasteiger partial charge in [-0.05, 0) is 30.7 Å². The van der Waals surface area contributed by atoms with Crippen molar-refractivity contribution in [1.82, 2.24) is 10.6 Å². The number of allylic oxidation sites excluding steroid dienone is 2. The summed E-state index contributed by atoms with van der Waals surface area (Å²) in [6.07, 6.45) is -5.75. The summed E-state index contributed by atoms with van der Waals surface area (Å²) < 4.78 is 72.3. The van der Waals surface area contributed by atoms with Crippen LogP contribution >= 0.6 is 0 Å². The number of nitrogens with one attached hydrogen (secondary N) is 2. The van der Waals surface area contributed by atoms with E-state index in [9.17, 15) is 32.3 Å². The average Bonchev–Trinajstić information content (AvgIpc) is 2.93. The van der Waals surface area contributed by atoms with Crippen molar-refractivity contribution in [3.05, 3.63) is 88.0 Å². The highest BCUT2D eigenvalue weighted by atomic mass is 19.4. The summed E-state index contributed by atoms with van der Waals surface area (Å²) in [6.45, 7) is 5.27. The number of aliphatic hydroxyl groups excluding tert-OH is 1. The first-order chi connectivity index (χ1) is 19.3. The van der Waals surface area contributed by atoms with Gasteiger partial charge < -0.3 is 30.0 Å². The largest absolute Gasteiger partial charge is 0.491 e. The molecular weight excluding hydrogens is 548 g/mol. The molecular formula is C29H32F4N2O6. The molecule has 1 aliphatic heterocycles. The minimum Gasteiger partial charge on any atom is -0.491 e. The number of hydrogen-bond donors (Lipinski definition) is 3. The first-order valence-electron chi connectivity index (χ1n) is 12.8. The van der Waals surface area contributed by atoms with Gasteiger partial charge in [-0.2, -0.15) is 13.2 Å². The van der Waals surface area contributed by atoms with Crippen LogP contribution < -0.4 is 15.4 Å². The maximum atomic E-state index is 14.9. The number of carbonyl (C=O) groups is 2. The number of hydrogen-bond acceptors (Lipinski definition) is 8. The topological polar surface area (TPSA) is 106 Å². The van der Waals surface area contributed by atoms with E-state index in [4.69, 9.17) is 9.47 Å². The van der Waals surface area contributed by atoms with Gasteiger partial charge in [0, 0.05) is 23.8 Å². The molecule has 12 heteroatoms. The van der Waals surface area contributed by atoms with Crippen molar-refractivity contribution in [2.24, 2.45) is 0 Å². The van der Waals surface area contributed by atoms with E-state index in [1.165, 1.54) is 25.1 Å². The van der Waals surface area contributed by atoms with Crippen LogP contribution in [0.15, 0.2) is 71.1 Å². The van der Waals surface area contributed by atoms with Crippen LogP contribution in [0.5, 0.6) is 5.75 Å². The molecule has 8 nitrogen and oxygen atoms in total. The molecule has 3 N–H and O–H groups in total. The van der Waals surface area contributed by atoms with E-state index in [1.54, 1.807) is 24.3 Å². The molecule has 0 saturated carbocycles. The van der Waals surface area contributed by atoms with Crippen LogP contribution in [0.2, 0.25) is 0 Å². The molecule has 0 spiro atoms. The molecule has 2 unspecified atom stereocenters. The number of dihydropyridines is 1. The lowest BCUT2D eigenvalue weighted by Gasteiger charge is -2.32. The molecule has 0 aliphatic carbocycles. The van der Waals surface area contributed by atoms with Crippen molar-refractivity contribution in [3.8, 4) is 5.75 Å². The second-order valence-corrected chi connectivity index (χ2v) is 9.64. The molecule has 1 aliphatic rings. The van der Waals surface area contributed by atoms with E-state index in [1.807, 2.05) is 13.8 Å². The van der Waals surface area contributed by atoms with Gasteiger partial charge >= 0.3 is 18.1 Å². The van der Waals surface area contributed by atoms with E-state index < -0.39 is 47.2 Å². The summed E-state index contributed by atoms with van der Waals surface area (Å²) in [4.78, 5) is 25.9. The minimum absolute atomic E-state index is 0.0574. The van der Waals surface area contributed by atoms with Gasteiger partial charge in [-0.25, -0.2) is 14.0 Å². The third-order valence-corrected chi connectivity index (χ3v) is 6.19. The van der Waals surface area contributed by atoms with Gasteiger partial charge in [0.05, 0.1) is 24.2 Å². The predicted octanol–water partition coefficient (Wildman–Crippen LogP) is 4.26. The highest BCUT2D eigenvalue weighted by Gasteiger charge is 2.48. The van der Waals surface area contributed by atoms with E-state index >= 15 is 0 Å². The summed E-state index contributed by atoms with van der Waals surface area (Å²) in [5.74, 6) is -4.63. The Balaban J connectivity index is 1.82. The number of methoxy groups -OCH3 is 1. The standard InChI is InChI=1S/C29H32F4N2O6/c1-16(2)34-13-19(36)15-40-20-11-9-18(10-12-20)14-41-28(38)23-17(3)35-26(29(31,32)33)25(27(37)39-4)24(23)21-7-5-6-8-22(21)30/h5-12,16,19,24,34-36H,13-15H2,1-4H3. The van der Waals surface area contributed by atoms with Gasteiger partial charge in [0.1, 0.15) is 36.6 Å². The molecule has 1 heterocycles. The zero-order chi connectivity index (χ0) is 30.3. The minimum atomic E-state index is -5.03. The number of aliphatic hydroxyl groups is 1. The van der Waals surface area contributed by atoms with E-state index in [0.29, 0.717) is 17.9 Å². The van der Waals surface area contributed by atoms with Crippen LogP contribution in [0.3, 0.4) is 0 Å². The second-order valence-electron chi connectivity index (χ2n) is 9.64. The zero-order valence-corrected chi connectivity index (χ0v) is 23.0. The molecule has 3 rings (SSSR count). The predicted molar refractivity (Wildman–Crippen MR) is 141 cm³/mol. The summed E-state index contributed by atoms with van der Waals surface area (Å²) in [6, 6.07) is 11.6. The molecule has 0 fully saturated rings. The number of esters is 2.